The van der Waals surface area contributed by atoms with Crippen LogP contribution in [-0.4, -0.2) is 0 Å². The first kappa shape index (κ1) is 12.4. The average molecular weight is 248 g/mol. The Bertz CT molecular complexity index is 540. The van der Waals surface area contributed by atoms with Gasteiger partial charge in [0.25, 0.3) is 0 Å². The summed E-state index contributed by atoms with van der Waals surface area (Å²) in [4.78, 5) is 0. The fourth-order valence-corrected chi connectivity index (χ4v) is 2.25. The van der Waals surface area contributed by atoms with Crippen LogP contribution in [0.4, 0.5) is 0 Å². The van der Waals surface area contributed by atoms with Crippen molar-refractivity contribution in [3.8, 4) is 0 Å². The molecule has 0 aliphatic carbocycles. The molecular weight excluding hydrogens is 230 g/mol. The van der Waals surface area contributed by atoms with E-state index in [1.54, 1.807) is 0 Å². The van der Waals surface area contributed by atoms with Crippen LogP contribution < -0.4 is 5.73 Å². The lowest BCUT2D eigenvalue weighted by Crippen LogP contribution is -2.26. The Morgan fingerprint density at radius 1 is 1.00 bits per heavy atom. The standard InChI is InChI=1S/C15H18ClN/c1-15(2,3)14(17)12-8-9-13(16)11-7-5-4-6-10(11)12/h4-9,14H,17H2,1-3H3. The van der Waals surface area contributed by atoms with Crippen LogP contribution >= 0.6 is 11.6 Å². The van der Waals surface area contributed by atoms with Crippen molar-refractivity contribution < 1.29 is 0 Å². The first-order valence-corrected chi connectivity index (χ1v) is 6.22. The molecule has 0 amide bonds. The maximum atomic E-state index is 6.35. The summed E-state index contributed by atoms with van der Waals surface area (Å²) in [5, 5.41) is 3.01. The zero-order valence-electron chi connectivity index (χ0n) is 10.5. The van der Waals surface area contributed by atoms with E-state index in [2.05, 4.69) is 26.8 Å². The molecule has 0 heterocycles. The molecule has 1 atom stereocenters. The molecule has 2 rings (SSSR count). The molecule has 1 nitrogen and oxygen atoms in total. The van der Waals surface area contributed by atoms with Crippen molar-refractivity contribution in [1.82, 2.24) is 0 Å². The highest BCUT2D eigenvalue weighted by molar-refractivity contribution is 6.35. The number of benzene rings is 2. The van der Waals surface area contributed by atoms with Crippen LogP contribution in [0.25, 0.3) is 10.8 Å². The van der Waals surface area contributed by atoms with E-state index in [9.17, 15) is 0 Å². The predicted octanol–water partition coefficient (Wildman–Crippen LogP) is 4.54. The van der Waals surface area contributed by atoms with Crippen molar-refractivity contribution in [2.45, 2.75) is 26.8 Å². The second kappa shape index (κ2) is 4.32. The third-order valence-electron chi connectivity index (χ3n) is 3.17. The maximum absolute atomic E-state index is 6.35. The smallest absolute Gasteiger partial charge is 0.0484 e. The number of fused-ring (bicyclic) bond motifs is 1. The van der Waals surface area contributed by atoms with Gasteiger partial charge in [-0.2, -0.15) is 0 Å². The van der Waals surface area contributed by atoms with E-state index in [4.69, 9.17) is 17.3 Å². The Morgan fingerprint density at radius 2 is 1.59 bits per heavy atom. The molecule has 1 unspecified atom stereocenters. The van der Waals surface area contributed by atoms with Gasteiger partial charge in [0.15, 0.2) is 0 Å². The molecule has 2 aromatic rings. The Hall–Kier alpha value is -1.05. The van der Waals surface area contributed by atoms with Crippen molar-refractivity contribution in [3.63, 3.8) is 0 Å². The first-order valence-electron chi connectivity index (χ1n) is 5.84. The highest BCUT2D eigenvalue weighted by Gasteiger charge is 2.23. The SMILES string of the molecule is CC(C)(C)C(N)c1ccc(Cl)c2ccccc12. The second-order valence-corrected chi connectivity index (χ2v) is 5.93. The largest absolute Gasteiger partial charge is 0.323 e. The molecular formula is C15H18ClN. The van der Waals surface area contributed by atoms with E-state index >= 15 is 0 Å². The molecule has 0 aromatic heterocycles. The van der Waals surface area contributed by atoms with E-state index in [-0.39, 0.29) is 11.5 Å². The summed E-state index contributed by atoms with van der Waals surface area (Å²) < 4.78 is 0. The fourth-order valence-electron chi connectivity index (χ4n) is 2.02. The highest BCUT2D eigenvalue weighted by Crippen LogP contribution is 2.36. The Kier molecular flexibility index (Phi) is 3.15. The van der Waals surface area contributed by atoms with Crippen LogP contribution in [0.5, 0.6) is 0 Å². The molecule has 17 heavy (non-hydrogen) atoms. The maximum Gasteiger partial charge on any atom is 0.0484 e. The zero-order chi connectivity index (χ0) is 12.6. The van der Waals surface area contributed by atoms with Gasteiger partial charge in [0, 0.05) is 16.5 Å². The molecule has 2 N–H and O–H groups in total. The third-order valence-corrected chi connectivity index (χ3v) is 3.50. The summed E-state index contributed by atoms with van der Waals surface area (Å²) in [5.74, 6) is 0. The van der Waals surface area contributed by atoms with Crippen LogP contribution in [0.15, 0.2) is 36.4 Å². The van der Waals surface area contributed by atoms with Gasteiger partial charge in [-0.3, -0.25) is 0 Å². The minimum absolute atomic E-state index is 0.00432. The first-order chi connectivity index (χ1) is 7.91. The lowest BCUT2D eigenvalue weighted by atomic mass is 9.81. The van der Waals surface area contributed by atoms with Crippen LogP contribution in [0.3, 0.4) is 0 Å². The van der Waals surface area contributed by atoms with Crippen molar-refractivity contribution in [2.24, 2.45) is 11.1 Å². The summed E-state index contributed by atoms with van der Waals surface area (Å²) in [5.41, 5.74) is 7.55. The van der Waals surface area contributed by atoms with Crippen LogP contribution in [0, 0.1) is 5.41 Å². The quantitative estimate of drug-likeness (QED) is 0.787. The van der Waals surface area contributed by atoms with Gasteiger partial charge in [0.05, 0.1) is 0 Å². The van der Waals surface area contributed by atoms with Gasteiger partial charge >= 0.3 is 0 Å². The van der Waals surface area contributed by atoms with Gasteiger partial charge in [0.2, 0.25) is 0 Å². The molecule has 0 saturated heterocycles. The summed E-state index contributed by atoms with van der Waals surface area (Å²) in [6.07, 6.45) is 0. The molecule has 90 valence electrons. The summed E-state index contributed by atoms with van der Waals surface area (Å²) in [7, 11) is 0. The third kappa shape index (κ3) is 2.31. The molecule has 2 heteroatoms. The molecule has 0 aliphatic heterocycles. The van der Waals surface area contributed by atoms with E-state index < -0.39 is 0 Å². The number of hydrogen-bond acceptors (Lipinski definition) is 1. The van der Waals surface area contributed by atoms with Crippen molar-refractivity contribution in [1.29, 1.82) is 0 Å². The highest BCUT2D eigenvalue weighted by atomic mass is 35.5. The summed E-state index contributed by atoms with van der Waals surface area (Å²) in [6, 6.07) is 12.1. The second-order valence-electron chi connectivity index (χ2n) is 5.53. The minimum Gasteiger partial charge on any atom is -0.323 e. The van der Waals surface area contributed by atoms with Gasteiger partial charge in [-0.1, -0.05) is 62.7 Å². The minimum atomic E-state index is 0.00432. The van der Waals surface area contributed by atoms with Crippen molar-refractivity contribution in [3.05, 3.63) is 47.0 Å². The van der Waals surface area contributed by atoms with Crippen LogP contribution in [0.1, 0.15) is 32.4 Å². The Balaban J connectivity index is 2.67. The number of halogens is 1. The van der Waals surface area contributed by atoms with Gasteiger partial charge < -0.3 is 5.73 Å². The topological polar surface area (TPSA) is 26.0 Å². The van der Waals surface area contributed by atoms with Gasteiger partial charge in [-0.15, -0.1) is 0 Å². The molecule has 0 bridgehead atoms. The lowest BCUT2D eigenvalue weighted by molar-refractivity contribution is 0.328. The van der Waals surface area contributed by atoms with Gasteiger partial charge in [-0.05, 0) is 22.4 Å². The number of hydrogen-bond donors (Lipinski definition) is 1. The molecule has 0 saturated carbocycles. The fraction of sp³-hybridized carbons (Fsp3) is 0.333. The van der Waals surface area contributed by atoms with Crippen LogP contribution in [-0.2, 0) is 0 Å². The number of nitrogens with two attached hydrogens (primary N) is 1. The molecule has 0 spiro atoms. The van der Waals surface area contributed by atoms with Crippen molar-refractivity contribution in [2.75, 3.05) is 0 Å². The van der Waals surface area contributed by atoms with Gasteiger partial charge in [0.1, 0.15) is 0 Å². The summed E-state index contributed by atoms with van der Waals surface area (Å²) >= 11 is 6.21. The van der Waals surface area contributed by atoms with E-state index in [0.717, 1.165) is 21.4 Å². The summed E-state index contributed by atoms with van der Waals surface area (Å²) in [6.45, 7) is 6.46. The average Bonchev–Trinajstić information content (AvgIpc) is 2.28. The zero-order valence-corrected chi connectivity index (χ0v) is 11.3. The van der Waals surface area contributed by atoms with Gasteiger partial charge in [-0.25, -0.2) is 0 Å². The predicted molar refractivity (Wildman–Crippen MR) is 75.3 cm³/mol. The number of rotatable bonds is 1. The Morgan fingerprint density at radius 3 is 2.18 bits per heavy atom. The molecule has 2 aromatic carbocycles. The van der Waals surface area contributed by atoms with E-state index in [1.807, 2.05) is 30.3 Å². The van der Waals surface area contributed by atoms with Crippen molar-refractivity contribution >= 4 is 22.4 Å². The molecule has 0 radical (unpaired) electrons. The molecule has 0 fully saturated rings. The van der Waals surface area contributed by atoms with E-state index in [0.29, 0.717) is 0 Å². The normalized spacial score (nSPS) is 13.9. The Labute approximate surface area is 108 Å². The lowest BCUT2D eigenvalue weighted by Gasteiger charge is -2.28. The van der Waals surface area contributed by atoms with E-state index in [1.165, 1.54) is 0 Å². The molecule has 0 aliphatic rings. The van der Waals surface area contributed by atoms with Crippen LogP contribution in [0.2, 0.25) is 5.02 Å². The monoisotopic (exact) mass is 247 g/mol.